The van der Waals surface area contributed by atoms with E-state index in [1.165, 1.54) is 11.1 Å². The molecule has 1 amide bonds. The topological polar surface area (TPSA) is 79.8 Å². The first-order valence-corrected chi connectivity index (χ1v) is 8.27. The minimum Gasteiger partial charge on any atom is -0.379 e. The van der Waals surface area contributed by atoms with Gasteiger partial charge in [-0.25, -0.2) is 0 Å². The van der Waals surface area contributed by atoms with E-state index in [1.54, 1.807) is 0 Å². The van der Waals surface area contributed by atoms with Crippen LogP contribution in [-0.4, -0.2) is 18.0 Å². The molecule has 2 aromatic carbocycles. The SMILES string of the molecule is CC1(C)Cc2ccccc2/C(=C\c2ccc(N=NCC(N)=O)cc2)N1. The number of nitrogens with zero attached hydrogens (tertiary/aromatic N) is 2. The van der Waals surface area contributed by atoms with Gasteiger partial charge in [0.2, 0.25) is 5.91 Å². The summed E-state index contributed by atoms with van der Waals surface area (Å²) in [4.78, 5) is 10.7. The van der Waals surface area contributed by atoms with Gasteiger partial charge in [-0.3, -0.25) is 4.79 Å². The molecule has 25 heavy (non-hydrogen) atoms. The average molecular weight is 334 g/mol. The summed E-state index contributed by atoms with van der Waals surface area (Å²) in [6.45, 7) is 4.32. The molecule has 3 N–H and O–H groups in total. The zero-order valence-corrected chi connectivity index (χ0v) is 14.5. The summed E-state index contributed by atoms with van der Waals surface area (Å²) in [5.74, 6) is -0.491. The van der Waals surface area contributed by atoms with Crippen LogP contribution in [0.25, 0.3) is 11.8 Å². The predicted octanol–water partition coefficient (Wildman–Crippen LogP) is 3.68. The van der Waals surface area contributed by atoms with Crippen molar-refractivity contribution in [1.82, 2.24) is 5.32 Å². The van der Waals surface area contributed by atoms with Gasteiger partial charge in [-0.15, -0.1) is 0 Å². The van der Waals surface area contributed by atoms with Gasteiger partial charge in [-0.2, -0.15) is 10.2 Å². The van der Waals surface area contributed by atoms with Crippen molar-refractivity contribution < 1.29 is 4.79 Å². The Morgan fingerprint density at radius 1 is 1.20 bits per heavy atom. The smallest absolute Gasteiger partial charge is 0.241 e. The number of nitrogens with one attached hydrogen (secondary N) is 1. The molecule has 1 aliphatic rings. The van der Waals surface area contributed by atoms with E-state index in [4.69, 9.17) is 5.73 Å². The van der Waals surface area contributed by atoms with Gasteiger partial charge < -0.3 is 11.1 Å². The molecular formula is C20H22N4O. The highest BCUT2D eigenvalue weighted by Gasteiger charge is 2.26. The molecule has 0 aromatic heterocycles. The van der Waals surface area contributed by atoms with Crippen molar-refractivity contribution >= 4 is 23.4 Å². The zero-order chi connectivity index (χ0) is 17.9. The molecule has 0 radical (unpaired) electrons. The monoisotopic (exact) mass is 334 g/mol. The number of rotatable bonds is 4. The van der Waals surface area contributed by atoms with Gasteiger partial charge in [0, 0.05) is 16.8 Å². The summed E-state index contributed by atoms with van der Waals surface area (Å²) < 4.78 is 0. The number of carbonyl (C=O) groups excluding carboxylic acids is 1. The highest BCUT2D eigenvalue weighted by molar-refractivity contribution is 5.83. The van der Waals surface area contributed by atoms with Gasteiger partial charge >= 0.3 is 0 Å². The number of amides is 1. The minimum atomic E-state index is -0.491. The van der Waals surface area contributed by atoms with Gasteiger partial charge in [0.25, 0.3) is 0 Å². The second-order valence-corrected chi connectivity index (χ2v) is 6.86. The molecule has 1 aliphatic heterocycles. The molecule has 5 heteroatoms. The number of carbonyl (C=O) groups is 1. The van der Waals surface area contributed by atoms with Crippen LogP contribution >= 0.6 is 0 Å². The van der Waals surface area contributed by atoms with E-state index in [-0.39, 0.29) is 12.1 Å². The van der Waals surface area contributed by atoms with E-state index in [1.807, 2.05) is 24.3 Å². The lowest BCUT2D eigenvalue weighted by Gasteiger charge is -2.35. The molecule has 0 fully saturated rings. The second kappa shape index (κ2) is 6.89. The summed E-state index contributed by atoms with van der Waals surface area (Å²) in [6.07, 6.45) is 3.14. The Hall–Kier alpha value is -2.95. The fourth-order valence-corrected chi connectivity index (χ4v) is 2.99. The number of hydrogen-bond donors (Lipinski definition) is 2. The molecule has 0 saturated heterocycles. The van der Waals surface area contributed by atoms with Crippen molar-refractivity contribution in [3.05, 3.63) is 65.2 Å². The lowest BCUT2D eigenvalue weighted by Crippen LogP contribution is -2.43. The van der Waals surface area contributed by atoms with Crippen molar-refractivity contribution in [2.24, 2.45) is 16.0 Å². The first-order chi connectivity index (χ1) is 11.9. The number of primary amides is 1. The summed E-state index contributed by atoms with van der Waals surface area (Å²) in [7, 11) is 0. The fourth-order valence-electron chi connectivity index (χ4n) is 2.99. The molecule has 0 aliphatic carbocycles. The normalized spacial score (nSPS) is 17.3. The van der Waals surface area contributed by atoms with Crippen LogP contribution in [0, 0.1) is 0 Å². The molecule has 128 valence electrons. The van der Waals surface area contributed by atoms with Crippen molar-refractivity contribution in [3.63, 3.8) is 0 Å². The van der Waals surface area contributed by atoms with Crippen molar-refractivity contribution in [3.8, 4) is 0 Å². The number of benzene rings is 2. The molecule has 3 rings (SSSR count). The Balaban J connectivity index is 1.85. The van der Waals surface area contributed by atoms with Crippen LogP contribution in [0.4, 0.5) is 5.69 Å². The molecule has 5 nitrogen and oxygen atoms in total. The number of hydrogen-bond acceptors (Lipinski definition) is 4. The van der Waals surface area contributed by atoms with Crippen LogP contribution in [0.3, 0.4) is 0 Å². The predicted molar refractivity (Wildman–Crippen MR) is 100 cm³/mol. The summed E-state index contributed by atoms with van der Waals surface area (Å²) in [5.41, 5.74) is 10.5. The molecule has 2 aromatic rings. The molecule has 0 atom stereocenters. The quantitative estimate of drug-likeness (QED) is 0.837. The number of azo groups is 1. The molecule has 0 spiro atoms. The van der Waals surface area contributed by atoms with Gasteiger partial charge in [0.05, 0.1) is 5.69 Å². The van der Waals surface area contributed by atoms with Gasteiger partial charge in [0.15, 0.2) is 0 Å². The molecule has 0 unspecified atom stereocenters. The average Bonchev–Trinajstić information content (AvgIpc) is 2.55. The first-order valence-electron chi connectivity index (χ1n) is 8.27. The molecule has 1 heterocycles. The van der Waals surface area contributed by atoms with Crippen LogP contribution in [0.2, 0.25) is 0 Å². The third kappa shape index (κ3) is 4.32. The van der Waals surface area contributed by atoms with E-state index in [0.717, 1.165) is 17.7 Å². The van der Waals surface area contributed by atoms with Crippen LogP contribution in [-0.2, 0) is 11.2 Å². The van der Waals surface area contributed by atoms with Crippen LogP contribution in [0.5, 0.6) is 0 Å². The van der Waals surface area contributed by atoms with Gasteiger partial charge in [0.1, 0.15) is 6.54 Å². The van der Waals surface area contributed by atoms with Crippen LogP contribution in [0.15, 0.2) is 58.8 Å². The van der Waals surface area contributed by atoms with E-state index in [2.05, 4.69) is 59.7 Å². The number of nitrogens with two attached hydrogens (primary N) is 1. The molecule has 0 bridgehead atoms. The number of fused-ring (bicyclic) bond motifs is 1. The highest BCUT2D eigenvalue weighted by Crippen LogP contribution is 2.30. The van der Waals surface area contributed by atoms with E-state index >= 15 is 0 Å². The summed E-state index contributed by atoms with van der Waals surface area (Å²) in [6, 6.07) is 16.2. The lowest BCUT2D eigenvalue weighted by molar-refractivity contribution is -0.116. The molecular weight excluding hydrogens is 312 g/mol. The summed E-state index contributed by atoms with van der Waals surface area (Å²) >= 11 is 0. The maximum Gasteiger partial charge on any atom is 0.241 e. The third-order valence-corrected chi connectivity index (χ3v) is 4.03. The van der Waals surface area contributed by atoms with E-state index in [0.29, 0.717) is 5.69 Å². The Kier molecular flexibility index (Phi) is 4.65. The van der Waals surface area contributed by atoms with Crippen molar-refractivity contribution in [2.45, 2.75) is 25.8 Å². The Morgan fingerprint density at radius 3 is 2.64 bits per heavy atom. The first kappa shape index (κ1) is 16.9. The second-order valence-electron chi connectivity index (χ2n) is 6.86. The zero-order valence-electron chi connectivity index (χ0n) is 14.5. The maximum atomic E-state index is 10.7. The highest BCUT2D eigenvalue weighted by atomic mass is 16.1. The maximum absolute atomic E-state index is 10.7. The minimum absolute atomic E-state index is 0.0170. The Morgan fingerprint density at radius 2 is 1.92 bits per heavy atom. The van der Waals surface area contributed by atoms with Crippen LogP contribution < -0.4 is 11.1 Å². The fraction of sp³-hybridized carbons (Fsp3) is 0.250. The van der Waals surface area contributed by atoms with E-state index in [9.17, 15) is 4.79 Å². The standard InChI is InChI=1S/C20H22N4O/c1-20(2)12-15-5-3-4-6-17(15)18(23-20)11-14-7-9-16(10-8-14)24-22-13-19(21)25/h3-11,23H,12-13H2,1-2H3,(H2,21,25)/b18-11+,24-22?. The molecule has 0 saturated carbocycles. The van der Waals surface area contributed by atoms with E-state index < -0.39 is 5.91 Å². The Bertz CT molecular complexity index is 835. The summed E-state index contributed by atoms with van der Waals surface area (Å²) in [5, 5.41) is 11.4. The van der Waals surface area contributed by atoms with Crippen LogP contribution in [0.1, 0.15) is 30.5 Å². The van der Waals surface area contributed by atoms with Gasteiger partial charge in [-0.1, -0.05) is 36.4 Å². The van der Waals surface area contributed by atoms with Crippen molar-refractivity contribution in [2.75, 3.05) is 6.54 Å². The largest absolute Gasteiger partial charge is 0.379 e. The lowest BCUT2D eigenvalue weighted by atomic mass is 9.85. The third-order valence-electron chi connectivity index (χ3n) is 4.03. The van der Waals surface area contributed by atoms with Crippen molar-refractivity contribution in [1.29, 1.82) is 0 Å². The van der Waals surface area contributed by atoms with Gasteiger partial charge in [-0.05, 0) is 49.6 Å². The Labute approximate surface area is 147 Å².